The minimum atomic E-state index is 0.727. The Morgan fingerprint density at radius 1 is 0.622 bits per heavy atom. The number of pyridine rings is 2. The van der Waals surface area contributed by atoms with Crippen molar-refractivity contribution in [3.63, 3.8) is 0 Å². The summed E-state index contributed by atoms with van der Waals surface area (Å²) >= 11 is 0. The number of hydrogen-bond donors (Lipinski definition) is 0. The van der Waals surface area contributed by atoms with Crippen LogP contribution in [0.2, 0.25) is 0 Å². The van der Waals surface area contributed by atoms with Gasteiger partial charge in [-0.05, 0) is 60.7 Å². The minimum absolute atomic E-state index is 0.727. The molecule has 0 N–H and O–H groups in total. The zero-order chi connectivity index (χ0) is 24.6. The molecule has 0 aliphatic heterocycles. The second-order valence-electron chi connectivity index (χ2n) is 8.69. The molecule has 6 nitrogen and oxygen atoms in total. The molecule has 176 valence electrons. The summed E-state index contributed by atoms with van der Waals surface area (Å²) in [4.78, 5) is 8.86. The monoisotopic (exact) mass is 479 g/mol. The third kappa shape index (κ3) is 3.72. The van der Waals surface area contributed by atoms with Gasteiger partial charge in [-0.1, -0.05) is 30.3 Å². The molecule has 4 aromatic heterocycles. The van der Waals surface area contributed by atoms with Gasteiger partial charge in [0.15, 0.2) is 0 Å². The van der Waals surface area contributed by atoms with Crippen LogP contribution in [0.1, 0.15) is 0 Å². The Morgan fingerprint density at radius 2 is 1.51 bits per heavy atom. The Kier molecular flexibility index (Phi) is 5.00. The number of aromatic nitrogens is 5. The first-order valence-electron chi connectivity index (χ1n) is 12.0. The number of fused-ring (bicyclic) bond motifs is 3. The Bertz CT molecular complexity index is 1860. The molecular formula is C31H21N5O. The lowest BCUT2D eigenvalue weighted by molar-refractivity contribution is 0.483. The van der Waals surface area contributed by atoms with Crippen molar-refractivity contribution in [1.82, 2.24) is 24.3 Å². The average Bonchev–Trinajstić information content (AvgIpc) is 3.57. The van der Waals surface area contributed by atoms with Gasteiger partial charge in [0.1, 0.15) is 17.3 Å². The van der Waals surface area contributed by atoms with Gasteiger partial charge in [-0.25, -0.2) is 9.67 Å². The zero-order valence-electron chi connectivity index (χ0n) is 19.8. The van der Waals surface area contributed by atoms with Crippen LogP contribution in [0.25, 0.3) is 44.6 Å². The topological polar surface area (TPSA) is 57.8 Å². The molecule has 0 aliphatic carbocycles. The van der Waals surface area contributed by atoms with Gasteiger partial charge in [-0.15, -0.1) is 0 Å². The van der Waals surface area contributed by atoms with Gasteiger partial charge in [0.05, 0.1) is 28.6 Å². The molecule has 0 unspecified atom stereocenters. The van der Waals surface area contributed by atoms with Crippen LogP contribution in [-0.2, 0) is 0 Å². The van der Waals surface area contributed by atoms with Gasteiger partial charge in [-0.3, -0.25) is 9.55 Å². The molecule has 7 aromatic rings. The fourth-order valence-electron chi connectivity index (χ4n) is 4.80. The van der Waals surface area contributed by atoms with Crippen LogP contribution in [0.3, 0.4) is 0 Å². The first-order valence-corrected chi connectivity index (χ1v) is 12.0. The van der Waals surface area contributed by atoms with Gasteiger partial charge in [0.2, 0.25) is 0 Å². The predicted molar refractivity (Wildman–Crippen MR) is 145 cm³/mol. The lowest BCUT2D eigenvalue weighted by Crippen LogP contribution is -1.99. The van der Waals surface area contributed by atoms with Crippen LogP contribution in [0.4, 0.5) is 0 Å². The maximum atomic E-state index is 6.37. The van der Waals surface area contributed by atoms with E-state index in [-0.39, 0.29) is 0 Å². The van der Waals surface area contributed by atoms with Crippen molar-refractivity contribution in [2.45, 2.75) is 0 Å². The van der Waals surface area contributed by atoms with E-state index in [1.807, 2.05) is 83.8 Å². The number of para-hydroxylation sites is 1. The maximum absolute atomic E-state index is 6.37. The van der Waals surface area contributed by atoms with Crippen molar-refractivity contribution in [3.05, 3.63) is 128 Å². The van der Waals surface area contributed by atoms with Gasteiger partial charge in [0.25, 0.3) is 0 Å². The highest BCUT2D eigenvalue weighted by molar-refractivity contribution is 6.09. The molecule has 6 heteroatoms. The summed E-state index contributed by atoms with van der Waals surface area (Å²) in [6.07, 6.45) is 7.21. The van der Waals surface area contributed by atoms with Gasteiger partial charge >= 0.3 is 0 Å². The molecule has 4 heterocycles. The van der Waals surface area contributed by atoms with Crippen LogP contribution in [-0.4, -0.2) is 24.3 Å². The SMILES string of the molecule is c1ccc(-n2c3ccccc3c3ccc(Oc4cccc(-n5nccc5-c5cccnc5)c4)cc32)nc1. The molecule has 0 saturated heterocycles. The molecule has 0 fully saturated rings. The van der Waals surface area contributed by atoms with E-state index in [0.29, 0.717) is 0 Å². The first-order chi connectivity index (χ1) is 18.3. The second kappa shape index (κ2) is 8.77. The quantitative estimate of drug-likeness (QED) is 0.262. The lowest BCUT2D eigenvalue weighted by atomic mass is 10.1. The number of hydrogen-bond acceptors (Lipinski definition) is 4. The largest absolute Gasteiger partial charge is 0.457 e. The smallest absolute Gasteiger partial charge is 0.137 e. The van der Waals surface area contributed by atoms with Crippen molar-refractivity contribution >= 4 is 21.8 Å². The highest BCUT2D eigenvalue weighted by Gasteiger charge is 2.14. The highest BCUT2D eigenvalue weighted by Crippen LogP contribution is 2.35. The second-order valence-corrected chi connectivity index (χ2v) is 8.69. The maximum Gasteiger partial charge on any atom is 0.137 e. The van der Waals surface area contributed by atoms with Gasteiger partial charge in [-0.2, -0.15) is 5.10 Å². The van der Waals surface area contributed by atoms with E-state index in [0.717, 1.165) is 50.7 Å². The third-order valence-corrected chi connectivity index (χ3v) is 6.42. The molecule has 0 spiro atoms. The van der Waals surface area contributed by atoms with E-state index in [9.17, 15) is 0 Å². The summed E-state index contributed by atoms with van der Waals surface area (Å²) in [5, 5.41) is 6.88. The molecule has 0 atom stereocenters. The Morgan fingerprint density at radius 3 is 2.41 bits per heavy atom. The van der Waals surface area contributed by atoms with E-state index in [1.165, 1.54) is 5.39 Å². The summed E-state index contributed by atoms with van der Waals surface area (Å²) in [5.74, 6) is 2.34. The van der Waals surface area contributed by atoms with Crippen LogP contribution >= 0.6 is 0 Å². The average molecular weight is 480 g/mol. The van der Waals surface area contributed by atoms with E-state index >= 15 is 0 Å². The molecule has 3 aromatic carbocycles. The number of benzene rings is 3. The fourth-order valence-corrected chi connectivity index (χ4v) is 4.80. The Hall–Kier alpha value is -5.23. The first kappa shape index (κ1) is 21.1. The van der Waals surface area contributed by atoms with E-state index in [1.54, 1.807) is 12.4 Å². The van der Waals surface area contributed by atoms with Crippen LogP contribution in [0, 0.1) is 0 Å². The van der Waals surface area contributed by atoms with Crippen molar-refractivity contribution in [3.8, 4) is 34.3 Å². The van der Waals surface area contributed by atoms with Crippen molar-refractivity contribution < 1.29 is 4.74 Å². The third-order valence-electron chi connectivity index (χ3n) is 6.42. The van der Waals surface area contributed by atoms with Crippen molar-refractivity contribution in [2.75, 3.05) is 0 Å². The summed E-state index contributed by atoms with van der Waals surface area (Å²) in [6.45, 7) is 0. The summed E-state index contributed by atoms with van der Waals surface area (Å²) < 4.78 is 10.4. The lowest BCUT2D eigenvalue weighted by Gasteiger charge is -2.11. The molecule has 0 saturated carbocycles. The molecule has 0 amide bonds. The molecule has 0 radical (unpaired) electrons. The minimum Gasteiger partial charge on any atom is -0.457 e. The molecule has 37 heavy (non-hydrogen) atoms. The summed E-state index contributed by atoms with van der Waals surface area (Å²) in [7, 11) is 0. The van der Waals surface area contributed by atoms with Gasteiger partial charge < -0.3 is 4.74 Å². The Labute approximate surface area is 213 Å². The van der Waals surface area contributed by atoms with Gasteiger partial charge in [0, 0.05) is 47.1 Å². The van der Waals surface area contributed by atoms with E-state index in [2.05, 4.69) is 56.0 Å². The Balaban J connectivity index is 1.29. The number of rotatable bonds is 5. The zero-order valence-corrected chi connectivity index (χ0v) is 19.8. The predicted octanol–water partition coefficient (Wildman–Crippen LogP) is 7.22. The summed E-state index contributed by atoms with van der Waals surface area (Å²) in [6, 6.07) is 34.4. The summed E-state index contributed by atoms with van der Waals surface area (Å²) in [5.41, 5.74) is 5.02. The van der Waals surface area contributed by atoms with Crippen LogP contribution in [0.15, 0.2) is 128 Å². The molecule has 0 aliphatic rings. The number of nitrogens with zero attached hydrogens (tertiary/aromatic N) is 5. The normalized spacial score (nSPS) is 11.2. The fraction of sp³-hybridized carbons (Fsp3) is 0. The van der Waals surface area contributed by atoms with E-state index in [4.69, 9.17) is 4.74 Å². The standard InChI is InChI=1S/C31H21N5O/c1-2-11-29-26(10-1)27-14-13-25(20-30(27)35(29)31-12-3-4-17-33-31)37-24-9-5-8-23(19-24)36-28(15-18-34-36)22-7-6-16-32-21-22/h1-21H. The van der Waals surface area contributed by atoms with Crippen LogP contribution in [0.5, 0.6) is 11.5 Å². The van der Waals surface area contributed by atoms with Crippen molar-refractivity contribution in [2.24, 2.45) is 0 Å². The molecular weight excluding hydrogens is 458 g/mol. The molecule has 0 bridgehead atoms. The highest BCUT2D eigenvalue weighted by atomic mass is 16.5. The van der Waals surface area contributed by atoms with E-state index < -0.39 is 0 Å². The van der Waals surface area contributed by atoms with Crippen molar-refractivity contribution in [1.29, 1.82) is 0 Å². The molecule has 7 rings (SSSR count). The van der Waals surface area contributed by atoms with Crippen LogP contribution < -0.4 is 4.74 Å². The number of ether oxygens (including phenoxy) is 1.